The van der Waals surface area contributed by atoms with Crippen LogP contribution in [-0.2, 0) is 14.1 Å². The van der Waals surface area contributed by atoms with Crippen molar-refractivity contribution in [2.24, 2.45) is 14.1 Å². The summed E-state index contributed by atoms with van der Waals surface area (Å²) in [5, 5.41) is 3.58. The van der Waals surface area contributed by atoms with Gasteiger partial charge < -0.3 is 5.32 Å². The zero-order valence-electron chi connectivity index (χ0n) is 13.2. The second kappa shape index (κ2) is 6.34. The lowest BCUT2D eigenvalue weighted by atomic mass is 10.2. The molecule has 2 heterocycles. The highest BCUT2D eigenvalue weighted by Gasteiger charge is 2.15. The van der Waals surface area contributed by atoms with Gasteiger partial charge in [0.1, 0.15) is 11.3 Å². The van der Waals surface area contributed by atoms with Crippen LogP contribution >= 0.6 is 23.2 Å². The predicted octanol–water partition coefficient (Wildman–Crippen LogP) is 2.19. The minimum atomic E-state index is -0.528. The van der Waals surface area contributed by atoms with E-state index in [4.69, 9.17) is 23.2 Å². The number of aryl methyl sites for hydroxylation is 1. The summed E-state index contributed by atoms with van der Waals surface area (Å²) >= 11 is 11.9. The van der Waals surface area contributed by atoms with Gasteiger partial charge in [0.2, 0.25) is 0 Å². The van der Waals surface area contributed by atoms with E-state index in [9.17, 15) is 14.4 Å². The van der Waals surface area contributed by atoms with Crippen molar-refractivity contribution >= 4 is 45.8 Å². The Morgan fingerprint density at radius 3 is 2.48 bits per heavy atom. The fourth-order valence-electron chi connectivity index (χ4n) is 2.36. The number of carbonyl (C=O) groups is 1. The average molecular weight is 379 g/mol. The molecule has 0 radical (unpaired) electrons. The van der Waals surface area contributed by atoms with Crippen LogP contribution in [0.2, 0.25) is 10.0 Å². The first-order valence-electron chi connectivity index (χ1n) is 7.13. The number of hydrogen-bond acceptors (Lipinski definition) is 4. The Kier molecular flexibility index (Phi) is 4.36. The molecule has 25 heavy (non-hydrogen) atoms. The van der Waals surface area contributed by atoms with Crippen LogP contribution in [0, 0.1) is 0 Å². The number of anilines is 1. The van der Waals surface area contributed by atoms with E-state index in [1.54, 1.807) is 12.1 Å². The van der Waals surface area contributed by atoms with Crippen LogP contribution in [0.15, 0.2) is 39.9 Å². The van der Waals surface area contributed by atoms with E-state index in [2.05, 4.69) is 10.3 Å². The summed E-state index contributed by atoms with van der Waals surface area (Å²) in [6.07, 6.45) is 0. The minimum Gasteiger partial charge on any atom is -0.319 e. The van der Waals surface area contributed by atoms with Gasteiger partial charge in [-0.3, -0.25) is 18.7 Å². The number of nitrogens with one attached hydrogen (secondary N) is 1. The number of pyridine rings is 1. The third kappa shape index (κ3) is 3.04. The monoisotopic (exact) mass is 378 g/mol. The Hall–Kier alpha value is -2.64. The van der Waals surface area contributed by atoms with E-state index in [1.807, 2.05) is 0 Å². The maximum atomic E-state index is 12.4. The van der Waals surface area contributed by atoms with Crippen molar-refractivity contribution in [3.63, 3.8) is 0 Å². The van der Waals surface area contributed by atoms with Crippen molar-refractivity contribution in [3.05, 3.63) is 66.9 Å². The first-order chi connectivity index (χ1) is 11.8. The number of rotatable bonds is 2. The molecule has 1 aromatic carbocycles. The maximum absolute atomic E-state index is 12.4. The minimum absolute atomic E-state index is 0.0433. The van der Waals surface area contributed by atoms with Gasteiger partial charge in [0.05, 0.1) is 16.1 Å². The predicted molar refractivity (Wildman–Crippen MR) is 96.6 cm³/mol. The van der Waals surface area contributed by atoms with Gasteiger partial charge in [0, 0.05) is 19.1 Å². The molecule has 7 nitrogen and oxygen atoms in total. The Balaban J connectivity index is 2.06. The maximum Gasteiger partial charge on any atom is 0.332 e. The smallest absolute Gasteiger partial charge is 0.319 e. The summed E-state index contributed by atoms with van der Waals surface area (Å²) in [5.74, 6) is -0.528. The second-order valence-corrected chi connectivity index (χ2v) is 6.20. The van der Waals surface area contributed by atoms with Gasteiger partial charge in [-0.1, -0.05) is 23.2 Å². The lowest BCUT2D eigenvalue weighted by molar-refractivity contribution is 0.102. The molecule has 0 unspecified atom stereocenters. The highest BCUT2D eigenvalue weighted by atomic mass is 35.5. The molecule has 2 aromatic heterocycles. The topological polar surface area (TPSA) is 86.0 Å². The van der Waals surface area contributed by atoms with Crippen LogP contribution in [-0.4, -0.2) is 20.0 Å². The van der Waals surface area contributed by atoms with Gasteiger partial charge in [-0.15, -0.1) is 0 Å². The van der Waals surface area contributed by atoms with Crippen molar-refractivity contribution in [3.8, 4) is 0 Å². The lowest BCUT2D eigenvalue weighted by Crippen LogP contribution is -2.37. The summed E-state index contributed by atoms with van der Waals surface area (Å²) in [7, 11) is 2.86. The van der Waals surface area contributed by atoms with Crippen LogP contribution in [0.3, 0.4) is 0 Å². The van der Waals surface area contributed by atoms with Crippen LogP contribution in [0.5, 0.6) is 0 Å². The van der Waals surface area contributed by atoms with Gasteiger partial charge >= 0.3 is 5.69 Å². The first-order valence-corrected chi connectivity index (χ1v) is 7.88. The molecule has 3 rings (SSSR count). The van der Waals surface area contributed by atoms with Crippen molar-refractivity contribution in [2.75, 3.05) is 5.32 Å². The molecule has 3 aromatic rings. The third-order valence-electron chi connectivity index (χ3n) is 3.71. The Labute approximate surface area is 151 Å². The zero-order chi connectivity index (χ0) is 18.3. The SMILES string of the molecule is Cn1c(=O)c2ccc(C(=O)Nc3ccc(Cl)cc3Cl)nc2n(C)c1=O. The zero-order valence-corrected chi connectivity index (χ0v) is 14.7. The molecule has 9 heteroatoms. The number of fused-ring (bicyclic) bond motifs is 1. The molecule has 0 aliphatic carbocycles. The van der Waals surface area contributed by atoms with Gasteiger partial charge in [0.25, 0.3) is 11.5 Å². The van der Waals surface area contributed by atoms with Crippen molar-refractivity contribution in [1.82, 2.24) is 14.1 Å². The fourth-order valence-corrected chi connectivity index (χ4v) is 2.81. The van der Waals surface area contributed by atoms with Crippen molar-refractivity contribution in [2.45, 2.75) is 0 Å². The molecule has 0 spiro atoms. The molecular formula is C16H12Cl2N4O3. The lowest BCUT2D eigenvalue weighted by Gasteiger charge is -2.09. The number of hydrogen-bond donors (Lipinski definition) is 1. The van der Waals surface area contributed by atoms with E-state index in [1.165, 1.54) is 36.9 Å². The summed E-state index contributed by atoms with van der Waals surface area (Å²) in [6.45, 7) is 0. The number of benzene rings is 1. The molecule has 0 bridgehead atoms. The van der Waals surface area contributed by atoms with E-state index in [-0.39, 0.29) is 21.7 Å². The summed E-state index contributed by atoms with van der Waals surface area (Å²) in [6, 6.07) is 7.52. The molecular weight excluding hydrogens is 367 g/mol. The molecule has 0 saturated heterocycles. The van der Waals surface area contributed by atoms with E-state index in [0.29, 0.717) is 10.7 Å². The van der Waals surface area contributed by atoms with E-state index < -0.39 is 17.2 Å². The number of nitrogens with zero attached hydrogens (tertiary/aromatic N) is 3. The number of aromatic nitrogens is 3. The van der Waals surface area contributed by atoms with Crippen LogP contribution < -0.4 is 16.6 Å². The number of halogens is 2. The standard InChI is InChI=1S/C16H12Cl2N4O3/c1-21-13-9(15(24)22(2)16(21)25)4-6-12(19-13)14(23)20-11-5-3-8(17)7-10(11)18/h3-7H,1-2H3,(H,20,23). The second-order valence-electron chi connectivity index (χ2n) is 5.35. The summed E-state index contributed by atoms with van der Waals surface area (Å²) < 4.78 is 2.19. The molecule has 0 fully saturated rings. The van der Waals surface area contributed by atoms with Crippen molar-refractivity contribution in [1.29, 1.82) is 0 Å². The average Bonchev–Trinajstić information content (AvgIpc) is 2.60. The van der Waals surface area contributed by atoms with Gasteiger partial charge in [-0.2, -0.15) is 0 Å². The first kappa shape index (κ1) is 17.2. The molecule has 1 amide bonds. The highest BCUT2D eigenvalue weighted by Crippen LogP contribution is 2.25. The quantitative estimate of drug-likeness (QED) is 0.740. The molecule has 128 valence electrons. The van der Waals surface area contributed by atoms with Crippen LogP contribution in [0.1, 0.15) is 10.5 Å². The van der Waals surface area contributed by atoms with E-state index in [0.717, 1.165) is 4.57 Å². The van der Waals surface area contributed by atoms with Gasteiger partial charge in [-0.05, 0) is 30.3 Å². The number of amides is 1. The van der Waals surface area contributed by atoms with Crippen LogP contribution in [0.4, 0.5) is 5.69 Å². The third-order valence-corrected chi connectivity index (χ3v) is 4.26. The van der Waals surface area contributed by atoms with E-state index >= 15 is 0 Å². The molecule has 0 aliphatic rings. The number of carbonyl (C=O) groups excluding carboxylic acids is 1. The molecule has 1 N–H and O–H groups in total. The fraction of sp³-hybridized carbons (Fsp3) is 0.125. The largest absolute Gasteiger partial charge is 0.332 e. The van der Waals surface area contributed by atoms with Crippen molar-refractivity contribution < 1.29 is 4.79 Å². The Morgan fingerprint density at radius 2 is 1.80 bits per heavy atom. The van der Waals surface area contributed by atoms with Crippen LogP contribution in [0.25, 0.3) is 11.0 Å². The molecule has 0 aliphatic heterocycles. The summed E-state index contributed by atoms with van der Waals surface area (Å²) in [5.41, 5.74) is -0.456. The Bertz CT molecular complexity index is 1130. The molecule has 0 atom stereocenters. The van der Waals surface area contributed by atoms with Gasteiger partial charge in [0.15, 0.2) is 0 Å². The highest BCUT2D eigenvalue weighted by molar-refractivity contribution is 6.36. The Morgan fingerprint density at radius 1 is 1.08 bits per heavy atom. The van der Waals surface area contributed by atoms with Gasteiger partial charge in [-0.25, -0.2) is 9.78 Å². The normalized spacial score (nSPS) is 10.9. The summed E-state index contributed by atoms with van der Waals surface area (Å²) in [4.78, 5) is 40.7. The molecule has 0 saturated carbocycles.